The van der Waals surface area contributed by atoms with Crippen LogP contribution in [0.25, 0.3) is 0 Å². The number of amides is 2. The predicted molar refractivity (Wildman–Crippen MR) is 132 cm³/mol. The van der Waals surface area contributed by atoms with E-state index in [0.717, 1.165) is 16.7 Å². The average Bonchev–Trinajstić information content (AvgIpc) is 2.86. The quantitative estimate of drug-likeness (QED) is 0.374. The Morgan fingerprint density at radius 3 is 1.97 bits per heavy atom. The zero-order valence-electron chi connectivity index (χ0n) is 18.5. The number of rotatable bonds is 7. The summed E-state index contributed by atoms with van der Waals surface area (Å²) in [6, 6.07) is 34.3. The molecule has 0 aliphatic carbocycles. The van der Waals surface area contributed by atoms with Gasteiger partial charge in [-0.25, -0.2) is 0 Å². The van der Waals surface area contributed by atoms with Crippen LogP contribution in [0.2, 0.25) is 0 Å². The number of carbonyl (C=O) groups is 2. The topological polar surface area (TPSA) is 58.2 Å². The number of carbonyl (C=O) groups excluding carboxylic acids is 2. The highest BCUT2D eigenvalue weighted by Gasteiger charge is 2.18. The molecule has 0 aliphatic rings. The second kappa shape index (κ2) is 10.4. The van der Waals surface area contributed by atoms with Crippen LogP contribution < -0.4 is 10.6 Å². The Balaban J connectivity index is 1.53. The molecule has 0 saturated carbocycles. The van der Waals surface area contributed by atoms with Crippen molar-refractivity contribution in [2.45, 2.75) is 19.4 Å². The van der Waals surface area contributed by atoms with Crippen LogP contribution in [0.4, 0.5) is 5.69 Å². The first kappa shape index (κ1) is 22.0. The van der Waals surface area contributed by atoms with E-state index in [1.54, 1.807) is 18.2 Å². The van der Waals surface area contributed by atoms with E-state index in [9.17, 15) is 9.59 Å². The molecule has 2 N–H and O–H groups in total. The Kier molecular flexibility index (Phi) is 6.96. The Morgan fingerprint density at radius 1 is 0.667 bits per heavy atom. The maximum Gasteiger partial charge on any atom is 0.255 e. The Morgan fingerprint density at radius 2 is 1.24 bits per heavy atom. The molecule has 0 aromatic heterocycles. The van der Waals surface area contributed by atoms with Crippen molar-refractivity contribution in [3.8, 4) is 0 Å². The van der Waals surface area contributed by atoms with Crippen molar-refractivity contribution in [3.05, 3.63) is 137 Å². The van der Waals surface area contributed by atoms with Crippen molar-refractivity contribution in [2.75, 3.05) is 5.32 Å². The van der Waals surface area contributed by atoms with E-state index in [4.69, 9.17) is 0 Å². The van der Waals surface area contributed by atoms with E-state index in [1.165, 1.54) is 0 Å². The van der Waals surface area contributed by atoms with Crippen LogP contribution in [0.1, 0.15) is 50.4 Å². The molecule has 0 heterocycles. The summed E-state index contributed by atoms with van der Waals surface area (Å²) in [4.78, 5) is 26.2. The van der Waals surface area contributed by atoms with Crippen LogP contribution in [0.3, 0.4) is 0 Å². The number of nitrogens with one attached hydrogen (secondary N) is 2. The Labute approximate surface area is 194 Å². The van der Waals surface area contributed by atoms with Crippen molar-refractivity contribution >= 4 is 17.5 Å². The van der Waals surface area contributed by atoms with E-state index in [1.807, 2.05) is 97.9 Å². The van der Waals surface area contributed by atoms with Crippen molar-refractivity contribution in [3.63, 3.8) is 0 Å². The van der Waals surface area contributed by atoms with Gasteiger partial charge in [0.1, 0.15) is 0 Å². The summed E-state index contributed by atoms with van der Waals surface area (Å²) in [7, 11) is 0. The molecular weight excluding hydrogens is 408 g/mol. The molecule has 0 radical (unpaired) electrons. The zero-order valence-corrected chi connectivity index (χ0v) is 18.5. The predicted octanol–water partition coefficient (Wildman–Crippen LogP) is 6.02. The van der Waals surface area contributed by atoms with Gasteiger partial charge < -0.3 is 10.6 Å². The molecule has 2 amide bonds. The molecule has 4 aromatic rings. The van der Waals surface area contributed by atoms with Crippen LogP contribution in [-0.4, -0.2) is 11.8 Å². The van der Waals surface area contributed by atoms with Gasteiger partial charge in [0.15, 0.2) is 0 Å². The van der Waals surface area contributed by atoms with Crippen LogP contribution >= 0.6 is 0 Å². The lowest BCUT2D eigenvalue weighted by Gasteiger charge is -2.17. The van der Waals surface area contributed by atoms with Crippen molar-refractivity contribution in [1.82, 2.24) is 5.32 Å². The second-order valence-corrected chi connectivity index (χ2v) is 7.93. The third-order valence-electron chi connectivity index (χ3n) is 5.57. The minimum absolute atomic E-state index is 0.158. The SMILES string of the molecule is C[C@H](NC(=O)c1ccccc1NC(=O)c1ccccc1Cc1ccccc1)c1ccccc1. The lowest BCUT2D eigenvalue weighted by Crippen LogP contribution is -2.28. The molecule has 0 unspecified atom stereocenters. The number of anilines is 1. The van der Waals surface area contributed by atoms with Gasteiger partial charge in [-0.1, -0.05) is 91.0 Å². The summed E-state index contributed by atoms with van der Waals surface area (Å²) in [5.41, 5.74) is 4.58. The van der Waals surface area contributed by atoms with Gasteiger partial charge in [-0.3, -0.25) is 9.59 Å². The highest BCUT2D eigenvalue weighted by atomic mass is 16.2. The van der Waals surface area contributed by atoms with Crippen molar-refractivity contribution in [2.24, 2.45) is 0 Å². The molecule has 0 fully saturated rings. The first-order valence-electron chi connectivity index (χ1n) is 11.0. The smallest absolute Gasteiger partial charge is 0.255 e. The highest BCUT2D eigenvalue weighted by Crippen LogP contribution is 2.21. The van der Waals surface area contributed by atoms with Crippen LogP contribution in [-0.2, 0) is 6.42 Å². The number of hydrogen-bond acceptors (Lipinski definition) is 2. The third kappa shape index (κ3) is 5.55. The molecule has 4 heteroatoms. The number of para-hydroxylation sites is 1. The minimum Gasteiger partial charge on any atom is -0.345 e. The summed E-state index contributed by atoms with van der Waals surface area (Å²) in [6.07, 6.45) is 0.654. The van der Waals surface area contributed by atoms with Crippen molar-refractivity contribution in [1.29, 1.82) is 0 Å². The molecule has 0 saturated heterocycles. The molecule has 4 aromatic carbocycles. The average molecular weight is 435 g/mol. The van der Waals surface area contributed by atoms with E-state index >= 15 is 0 Å². The normalized spacial score (nSPS) is 11.4. The monoisotopic (exact) mass is 434 g/mol. The minimum atomic E-state index is -0.238. The molecule has 0 spiro atoms. The summed E-state index contributed by atoms with van der Waals surface area (Å²) in [6.45, 7) is 1.94. The fourth-order valence-corrected chi connectivity index (χ4v) is 3.79. The van der Waals surface area contributed by atoms with E-state index in [0.29, 0.717) is 23.2 Å². The van der Waals surface area contributed by atoms with Crippen LogP contribution in [0, 0.1) is 0 Å². The molecular formula is C29H26N2O2. The maximum absolute atomic E-state index is 13.2. The van der Waals surface area contributed by atoms with Gasteiger partial charge in [0.05, 0.1) is 17.3 Å². The molecule has 33 heavy (non-hydrogen) atoms. The van der Waals surface area contributed by atoms with Gasteiger partial charge in [-0.2, -0.15) is 0 Å². The summed E-state index contributed by atoms with van der Waals surface area (Å²) in [5, 5.41) is 5.97. The molecule has 1 atom stereocenters. The van der Waals surface area contributed by atoms with Gasteiger partial charge in [-0.15, -0.1) is 0 Å². The second-order valence-electron chi connectivity index (χ2n) is 7.93. The number of hydrogen-bond donors (Lipinski definition) is 2. The van der Waals surface area contributed by atoms with Gasteiger partial charge in [0.25, 0.3) is 11.8 Å². The Hall–Kier alpha value is -4.18. The first-order chi connectivity index (χ1) is 16.1. The van der Waals surface area contributed by atoms with Gasteiger partial charge in [0.2, 0.25) is 0 Å². The van der Waals surface area contributed by atoms with Crippen LogP contribution in [0.5, 0.6) is 0 Å². The third-order valence-corrected chi connectivity index (χ3v) is 5.57. The van der Waals surface area contributed by atoms with E-state index in [-0.39, 0.29) is 17.9 Å². The zero-order chi connectivity index (χ0) is 23.0. The van der Waals surface area contributed by atoms with Crippen molar-refractivity contribution < 1.29 is 9.59 Å². The molecule has 4 rings (SSSR count). The highest BCUT2D eigenvalue weighted by molar-refractivity contribution is 6.09. The summed E-state index contributed by atoms with van der Waals surface area (Å²) < 4.78 is 0. The van der Waals surface area contributed by atoms with E-state index in [2.05, 4.69) is 10.6 Å². The Bertz CT molecular complexity index is 1240. The number of benzene rings is 4. The van der Waals surface area contributed by atoms with Gasteiger partial charge in [0, 0.05) is 5.56 Å². The molecule has 0 bridgehead atoms. The van der Waals surface area contributed by atoms with Gasteiger partial charge in [-0.05, 0) is 48.2 Å². The standard InChI is InChI=1S/C29H26N2O2/c1-21(23-14-6-3-7-15-23)30-29(33)26-18-10-11-19-27(26)31-28(32)25-17-9-8-16-24(25)20-22-12-4-2-5-13-22/h2-19,21H,20H2,1H3,(H,30,33)(H,31,32)/t21-/m0/s1. The molecule has 4 nitrogen and oxygen atoms in total. The summed E-state index contributed by atoms with van der Waals surface area (Å²) in [5.74, 6) is -0.474. The van der Waals surface area contributed by atoms with Crippen LogP contribution in [0.15, 0.2) is 109 Å². The fourth-order valence-electron chi connectivity index (χ4n) is 3.79. The first-order valence-corrected chi connectivity index (χ1v) is 11.0. The van der Waals surface area contributed by atoms with E-state index < -0.39 is 0 Å². The molecule has 0 aliphatic heterocycles. The molecule has 164 valence electrons. The largest absolute Gasteiger partial charge is 0.345 e. The maximum atomic E-state index is 13.2. The summed E-state index contributed by atoms with van der Waals surface area (Å²) >= 11 is 0. The lowest BCUT2D eigenvalue weighted by molar-refractivity contribution is 0.0941. The van der Waals surface area contributed by atoms with Gasteiger partial charge >= 0.3 is 0 Å². The fraction of sp³-hybridized carbons (Fsp3) is 0.103. The lowest BCUT2D eigenvalue weighted by atomic mass is 9.99.